The molecule has 0 aromatic rings. The summed E-state index contributed by atoms with van der Waals surface area (Å²) in [5, 5.41) is 12.5. The first kappa shape index (κ1) is 18.7. The van der Waals surface area contributed by atoms with Crippen LogP contribution >= 0.6 is 11.8 Å². The SMILES string of the molecule is CCCNC(C)(CCCSC(C)CO)C(=O)OCC. The molecule has 0 aliphatic heterocycles. The van der Waals surface area contributed by atoms with E-state index in [-0.39, 0.29) is 17.8 Å². The van der Waals surface area contributed by atoms with Crippen molar-refractivity contribution in [3.63, 3.8) is 0 Å². The number of carbonyl (C=O) groups excluding carboxylic acids is 1. The Morgan fingerprint density at radius 2 is 2.16 bits per heavy atom. The predicted octanol–water partition coefficient (Wildman–Crippen LogP) is 2.20. The highest BCUT2D eigenvalue weighted by molar-refractivity contribution is 7.99. The smallest absolute Gasteiger partial charge is 0.326 e. The maximum atomic E-state index is 12.0. The second-order valence-electron chi connectivity index (χ2n) is 4.95. The number of hydrogen-bond donors (Lipinski definition) is 2. The average molecular weight is 291 g/mol. The second kappa shape index (κ2) is 10.5. The number of nitrogens with one attached hydrogen (secondary N) is 1. The van der Waals surface area contributed by atoms with Gasteiger partial charge < -0.3 is 15.2 Å². The molecule has 5 heteroatoms. The molecule has 0 saturated heterocycles. The average Bonchev–Trinajstić information content (AvgIpc) is 2.41. The van der Waals surface area contributed by atoms with Crippen molar-refractivity contribution in [3.8, 4) is 0 Å². The summed E-state index contributed by atoms with van der Waals surface area (Å²) >= 11 is 1.74. The highest BCUT2D eigenvalue weighted by Crippen LogP contribution is 2.19. The summed E-state index contributed by atoms with van der Waals surface area (Å²) in [5.41, 5.74) is -0.588. The summed E-state index contributed by atoms with van der Waals surface area (Å²) in [6.45, 7) is 9.27. The lowest BCUT2D eigenvalue weighted by Gasteiger charge is -2.28. The zero-order valence-corrected chi connectivity index (χ0v) is 13.5. The van der Waals surface area contributed by atoms with Gasteiger partial charge in [0.05, 0.1) is 13.2 Å². The van der Waals surface area contributed by atoms with E-state index in [0.717, 1.165) is 31.6 Å². The molecule has 0 saturated carbocycles. The number of ether oxygens (including phenoxy) is 1. The summed E-state index contributed by atoms with van der Waals surface area (Å²) in [6.07, 6.45) is 2.68. The van der Waals surface area contributed by atoms with E-state index in [4.69, 9.17) is 9.84 Å². The molecule has 0 spiro atoms. The maximum Gasteiger partial charge on any atom is 0.326 e. The lowest BCUT2D eigenvalue weighted by Crippen LogP contribution is -2.50. The maximum absolute atomic E-state index is 12.0. The monoisotopic (exact) mass is 291 g/mol. The van der Waals surface area contributed by atoms with Crippen molar-refractivity contribution in [1.82, 2.24) is 5.32 Å². The second-order valence-corrected chi connectivity index (χ2v) is 6.49. The van der Waals surface area contributed by atoms with Crippen LogP contribution in [0.5, 0.6) is 0 Å². The normalized spacial score (nSPS) is 15.8. The molecule has 0 fully saturated rings. The molecule has 0 amide bonds. The first-order valence-corrected chi connectivity index (χ1v) is 8.19. The Bertz CT molecular complexity index is 251. The van der Waals surface area contributed by atoms with E-state index in [1.807, 2.05) is 20.8 Å². The zero-order valence-electron chi connectivity index (χ0n) is 12.7. The molecule has 4 nitrogen and oxygen atoms in total. The largest absolute Gasteiger partial charge is 0.465 e. The minimum Gasteiger partial charge on any atom is -0.465 e. The first-order chi connectivity index (χ1) is 9.00. The van der Waals surface area contributed by atoms with Gasteiger partial charge in [0.25, 0.3) is 0 Å². The van der Waals surface area contributed by atoms with Crippen molar-refractivity contribution >= 4 is 17.7 Å². The highest BCUT2D eigenvalue weighted by Gasteiger charge is 2.33. The number of rotatable bonds is 11. The number of hydrogen-bond acceptors (Lipinski definition) is 5. The molecule has 0 heterocycles. The van der Waals surface area contributed by atoms with Crippen molar-refractivity contribution in [1.29, 1.82) is 0 Å². The van der Waals surface area contributed by atoms with Gasteiger partial charge in [-0.3, -0.25) is 4.79 Å². The molecule has 0 aromatic carbocycles. The van der Waals surface area contributed by atoms with Crippen LogP contribution in [0.15, 0.2) is 0 Å². The van der Waals surface area contributed by atoms with Crippen molar-refractivity contribution in [2.45, 2.75) is 57.7 Å². The zero-order chi connectivity index (χ0) is 14.7. The Morgan fingerprint density at radius 3 is 2.68 bits per heavy atom. The Kier molecular flexibility index (Phi) is 10.4. The van der Waals surface area contributed by atoms with E-state index in [0.29, 0.717) is 6.61 Å². The summed E-state index contributed by atoms with van der Waals surface area (Å²) in [7, 11) is 0. The van der Waals surface area contributed by atoms with Gasteiger partial charge in [-0.05, 0) is 45.4 Å². The minimum atomic E-state index is -0.588. The van der Waals surface area contributed by atoms with Crippen LogP contribution in [0.2, 0.25) is 0 Å². The summed E-state index contributed by atoms with van der Waals surface area (Å²) in [4.78, 5) is 12.0. The predicted molar refractivity (Wildman–Crippen MR) is 81.6 cm³/mol. The van der Waals surface area contributed by atoms with Gasteiger partial charge in [0.2, 0.25) is 0 Å². The van der Waals surface area contributed by atoms with Crippen LogP contribution < -0.4 is 5.32 Å². The number of thioether (sulfide) groups is 1. The fourth-order valence-electron chi connectivity index (χ4n) is 1.72. The molecule has 2 atom stereocenters. The molecule has 19 heavy (non-hydrogen) atoms. The lowest BCUT2D eigenvalue weighted by atomic mass is 9.96. The Balaban J connectivity index is 4.22. The van der Waals surface area contributed by atoms with Crippen LogP contribution in [0.25, 0.3) is 0 Å². The lowest BCUT2D eigenvalue weighted by molar-refractivity contribution is -0.150. The van der Waals surface area contributed by atoms with Gasteiger partial charge in [0.15, 0.2) is 0 Å². The van der Waals surface area contributed by atoms with Crippen LogP contribution in [0.4, 0.5) is 0 Å². The quantitative estimate of drug-likeness (QED) is 0.451. The first-order valence-electron chi connectivity index (χ1n) is 7.14. The third-order valence-electron chi connectivity index (χ3n) is 2.97. The van der Waals surface area contributed by atoms with Gasteiger partial charge in [-0.15, -0.1) is 0 Å². The van der Waals surface area contributed by atoms with Gasteiger partial charge >= 0.3 is 5.97 Å². The number of aliphatic hydroxyl groups excluding tert-OH is 1. The van der Waals surface area contributed by atoms with E-state index < -0.39 is 5.54 Å². The topological polar surface area (TPSA) is 58.6 Å². The van der Waals surface area contributed by atoms with E-state index in [1.54, 1.807) is 11.8 Å². The summed E-state index contributed by atoms with van der Waals surface area (Å²) in [5.74, 6) is 0.786. The molecule has 0 radical (unpaired) electrons. The van der Waals surface area contributed by atoms with E-state index in [1.165, 1.54) is 0 Å². The standard InChI is InChI=1S/C14H29NO3S/c1-5-9-15-14(4,13(17)18-6-2)8-7-10-19-12(3)11-16/h12,15-16H,5-11H2,1-4H3. The van der Waals surface area contributed by atoms with E-state index >= 15 is 0 Å². The molecule has 0 aromatic heterocycles. The van der Waals surface area contributed by atoms with E-state index in [9.17, 15) is 4.79 Å². The van der Waals surface area contributed by atoms with Crippen molar-refractivity contribution in [2.75, 3.05) is 25.5 Å². The van der Waals surface area contributed by atoms with Gasteiger partial charge in [-0.1, -0.05) is 13.8 Å². The number of carbonyl (C=O) groups is 1. The Labute approximate surface area is 121 Å². The summed E-state index contributed by atoms with van der Waals surface area (Å²) in [6, 6.07) is 0. The third kappa shape index (κ3) is 7.80. The highest BCUT2D eigenvalue weighted by atomic mass is 32.2. The fraction of sp³-hybridized carbons (Fsp3) is 0.929. The molecule has 0 aliphatic rings. The minimum absolute atomic E-state index is 0.163. The van der Waals surface area contributed by atoms with Crippen LogP contribution in [-0.4, -0.2) is 47.4 Å². The molecule has 2 N–H and O–H groups in total. The van der Waals surface area contributed by atoms with Crippen LogP contribution in [0.3, 0.4) is 0 Å². The summed E-state index contributed by atoms with van der Waals surface area (Å²) < 4.78 is 5.16. The fourth-order valence-corrected chi connectivity index (χ4v) is 2.54. The molecule has 0 rings (SSSR count). The van der Waals surface area contributed by atoms with Crippen LogP contribution in [0, 0.1) is 0 Å². The van der Waals surface area contributed by atoms with Crippen LogP contribution in [0.1, 0.15) is 47.0 Å². The van der Waals surface area contributed by atoms with Gasteiger partial charge in [0.1, 0.15) is 5.54 Å². The van der Waals surface area contributed by atoms with Gasteiger partial charge in [-0.2, -0.15) is 11.8 Å². The molecule has 2 unspecified atom stereocenters. The number of aliphatic hydroxyl groups is 1. The Morgan fingerprint density at radius 1 is 1.47 bits per heavy atom. The van der Waals surface area contributed by atoms with Crippen molar-refractivity contribution in [2.24, 2.45) is 0 Å². The van der Waals surface area contributed by atoms with Crippen molar-refractivity contribution in [3.05, 3.63) is 0 Å². The van der Waals surface area contributed by atoms with Gasteiger partial charge in [-0.25, -0.2) is 0 Å². The Hall–Kier alpha value is -0.260. The van der Waals surface area contributed by atoms with Crippen LogP contribution in [-0.2, 0) is 9.53 Å². The number of esters is 1. The molecule has 0 aliphatic carbocycles. The molecular formula is C14H29NO3S. The third-order valence-corrected chi connectivity index (χ3v) is 4.21. The molecule has 0 bridgehead atoms. The van der Waals surface area contributed by atoms with Gasteiger partial charge in [0, 0.05) is 5.25 Å². The molecular weight excluding hydrogens is 262 g/mol. The molecule has 114 valence electrons. The van der Waals surface area contributed by atoms with E-state index in [2.05, 4.69) is 12.2 Å². The van der Waals surface area contributed by atoms with Crippen molar-refractivity contribution < 1.29 is 14.6 Å².